The van der Waals surface area contributed by atoms with Crippen LogP contribution in [0.25, 0.3) is 0 Å². The fraction of sp³-hybridized carbons (Fsp3) is 0.923. The summed E-state index contributed by atoms with van der Waals surface area (Å²) in [6.45, 7) is 9.22. The first-order chi connectivity index (χ1) is 8.25. The summed E-state index contributed by atoms with van der Waals surface area (Å²) in [6.07, 6.45) is 4.04. The van der Waals surface area contributed by atoms with Crippen LogP contribution < -0.4 is 5.32 Å². The Labute approximate surface area is 104 Å². The third kappa shape index (κ3) is 3.96. The summed E-state index contributed by atoms with van der Waals surface area (Å²) >= 11 is 0. The van der Waals surface area contributed by atoms with E-state index in [2.05, 4.69) is 10.2 Å². The van der Waals surface area contributed by atoms with Crippen LogP contribution in [0.3, 0.4) is 0 Å². The molecule has 1 N–H and O–H groups in total. The van der Waals surface area contributed by atoms with Gasteiger partial charge in [-0.25, -0.2) is 0 Å². The van der Waals surface area contributed by atoms with Crippen LogP contribution in [-0.2, 0) is 4.79 Å². The van der Waals surface area contributed by atoms with Crippen molar-refractivity contribution in [2.75, 3.05) is 45.8 Å². The van der Waals surface area contributed by atoms with Crippen LogP contribution in [0, 0.1) is 5.92 Å². The van der Waals surface area contributed by atoms with Gasteiger partial charge in [-0.05, 0) is 44.8 Å². The summed E-state index contributed by atoms with van der Waals surface area (Å²) in [5.74, 6) is 1.09. The van der Waals surface area contributed by atoms with Gasteiger partial charge in [-0.3, -0.25) is 9.69 Å². The summed E-state index contributed by atoms with van der Waals surface area (Å²) in [5, 5.41) is 3.47. The smallest absolute Gasteiger partial charge is 0.219 e. The molecule has 2 heterocycles. The maximum atomic E-state index is 11.2. The maximum Gasteiger partial charge on any atom is 0.219 e. The molecule has 4 heteroatoms. The molecule has 0 bridgehead atoms. The van der Waals surface area contributed by atoms with Crippen molar-refractivity contribution in [1.82, 2.24) is 15.1 Å². The highest BCUT2D eigenvalue weighted by atomic mass is 16.2. The minimum absolute atomic E-state index is 0.223. The molecule has 0 aromatic carbocycles. The molecule has 1 amide bonds. The van der Waals surface area contributed by atoms with Crippen molar-refractivity contribution in [2.24, 2.45) is 5.92 Å². The Morgan fingerprint density at radius 1 is 1.29 bits per heavy atom. The average Bonchev–Trinajstić information content (AvgIpc) is 2.38. The number of carbonyl (C=O) groups excluding carboxylic acids is 1. The number of nitrogens with zero attached hydrogens (tertiary/aromatic N) is 2. The Bertz CT molecular complexity index is 243. The van der Waals surface area contributed by atoms with Crippen molar-refractivity contribution in [3.8, 4) is 0 Å². The Kier molecular flexibility index (Phi) is 4.80. The fourth-order valence-electron chi connectivity index (χ4n) is 2.82. The number of piperazine rings is 1. The van der Waals surface area contributed by atoms with Crippen LogP contribution in [0.4, 0.5) is 0 Å². The monoisotopic (exact) mass is 239 g/mol. The Balaban J connectivity index is 1.62. The number of amides is 1. The zero-order valence-electron chi connectivity index (χ0n) is 11.0. The van der Waals surface area contributed by atoms with Crippen LogP contribution >= 0.6 is 0 Å². The predicted octanol–water partition coefficient (Wildman–Crippen LogP) is 0.540. The molecule has 0 spiro atoms. The topological polar surface area (TPSA) is 35.6 Å². The molecule has 98 valence electrons. The molecular weight excluding hydrogens is 214 g/mol. The summed E-state index contributed by atoms with van der Waals surface area (Å²) in [6, 6.07) is 0. The van der Waals surface area contributed by atoms with Gasteiger partial charge in [0.05, 0.1) is 0 Å². The highest BCUT2D eigenvalue weighted by molar-refractivity contribution is 5.73. The fourth-order valence-corrected chi connectivity index (χ4v) is 2.82. The molecule has 2 aliphatic rings. The largest absolute Gasteiger partial charge is 0.340 e. The Morgan fingerprint density at radius 3 is 2.65 bits per heavy atom. The van der Waals surface area contributed by atoms with E-state index in [0.717, 1.165) is 32.1 Å². The number of hydrogen-bond acceptors (Lipinski definition) is 3. The lowest BCUT2D eigenvalue weighted by atomic mass is 9.96. The van der Waals surface area contributed by atoms with E-state index in [9.17, 15) is 4.79 Å². The first-order valence-electron chi connectivity index (χ1n) is 6.94. The van der Waals surface area contributed by atoms with Crippen LogP contribution in [-0.4, -0.2) is 61.5 Å². The number of piperidine rings is 1. The van der Waals surface area contributed by atoms with Crippen LogP contribution in [0.15, 0.2) is 0 Å². The van der Waals surface area contributed by atoms with Gasteiger partial charge in [0.25, 0.3) is 0 Å². The molecule has 2 fully saturated rings. The van der Waals surface area contributed by atoms with Crippen molar-refractivity contribution < 1.29 is 4.79 Å². The third-order valence-corrected chi connectivity index (χ3v) is 4.07. The highest BCUT2D eigenvalue weighted by Crippen LogP contribution is 2.15. The molecular formula is C13H25N3O. The predicted molar refractivity (Wildman–Crippen MR) is 68.9 cm³/mol. The van der Waals surface area contributed by atoms with Gasteiger partial charge < -0.3 is 10.2 Å². The molecule has 17 heavy (non-hydrogen) atoms. The second-order valence-electron chi connectivity index (χ2n) is 5.35. The van der Waals surface area contributed by atoms with E-state index in [-0.39, 0.29) is 5.91 Å². The third-order valence-electron chi connectivity index (χ3n) is 4.07. The first-order valence-corrected chi connectivity index (χ1v) is 6.94. The molecule has 0 aromatic heterocycles. The molecule has 4 nitrogen and oxygen atoms in total. The second kappa shape index (κ2) is 6.36. The molecule has 2 rings (SSSR count). The zero-order chi connectivity index (χ0) is 12.1. The van der Waals surface area contributed by atoms with Crippen molar-refractivity contribution in [3.05, 3.63) is 0 Å². The highest BCUT2D eigenvalue weighted by Gasteiger charge is 2.20. The molecule has 0 radical (unpaired) electrons. The van der Waals surface area contributed by atoms with Gasteiger partial charge in [-0.1, -0.05) is 0 Å². The molecule has 2 saturated heterocycles. The maximum absolute atomic E-state index is 11.2. The molecule has 0 saturated carbocycles. The van der Waals surface area contributed by atoms with Crippen LogP contribution in [0.2, 0.25) is 0 Å². The second-order valence-corrected chi connectivity index (χ2v) is 5.35. The van der Waals surface area contributed by atoms with E-state index in [1.54, 1.807) is 6.92 Å². The van der Waals surface area contributed by atoms with Crippen molar-refractivity contribution >= 4 is 5.91 Å². The molecule has 0 aliphatic carbocycles. The van der Waals surface area contributed by atoms with Gasteiger partial charge in [-0.15, -0.1) is 0 Å². The van der Waals surface area contributed by atoms with Gasteiger partial charge in [-0.2, -0.15) is 0 Å². The lowest BCUT2D eigenvalue weighted by Crippen LogP contribution is -2.48. The molecule has 1 unspecified atom stereocenters. The SMILES string of the molecule is CC(=O)N1CCN(CCC2CCCNC2)CC1. The van der Waals surface area contributed by atoms with Gasteiger partial charge >= 0.3 is 0 Å². The Hall–Kier alpha value is -0.610. The Morgan fingerprint density at radius 2 is 2.06 bits per heavy atom. The minimum Gasteiger partial charge on any atom is -0.340 e. The molecule has 0 aromatic rings. The van der Waals surface area contributed by atoms with Gasteiger partial charge in [0.15, 0.2) is 0 Å². The number of carbonyl (C=O) groups is 1. The van der Waals surface area contributed by atoms with E-state index in [1.807, 2.05) is 4.90 Å². The standard InChI is InChI=1S/C13H25N3O/c1-12(17)16-9-7-15(8-10-16)6-4-13-3-2-5-14-11-13/h13-14H,2-11H2,1H3. The quantitative estimate of drug-likeness (QED) is 0.781. The number of hydrogen-bond donors (Lipinski definition) is 1. The van der Waals surface area contributed by atoms with Gasteiger partial charge in [0.2, 0.25) is 5.91 Å². The lowest BCUT2D eigenvalue weighted by Gasteiger charge is -2.35. The van der Waals surface area contributed by atoms with Gasteiger partial charge in [0, 0.05) is 33.1 Å². The zero-order valence-corrected chi connectivity index (χ0v) is 11.0. The van der Waals surface area contributed by atoms with E-state index < -0.39 is 0 Å². The van der Waals surface area contributed by atoms with Crippen LogP contribution in [0.5, 0.6) is 0 Å². The summed E-state index contributed by atoms with van der Waals surface area (Å²) in [5.41, 5.74) is 0. The van der Waals surface area contributed by atoms with E-state index in [4.69, 9.17) is 0 Å². The van der Waals surface area contributed by atoms with E-state index >= 15 is 0 Å². The van der Waals surface area contributed by atoms with Gasteiger partial charge in [0.1, 0.15) is 0 Å². The lowest BCUT2D eigenvalue weighted by molar-refractivity contribution is -0.130. The summed E-state index contributed by atoms with van der Waals surface area (Å²) < 4.78 is 0. The number of nitrogens with one attached hydrogen (secondary N) is 1. The summed E-state index contributed by atoms with van der Waals surface area (Å²) in [4.78, 5) is 15.7. The van der Waals surface area contributed by atoms with E-state index in [0.29, 0.717) is 0 Å². The average molecular weight is 239 g/mol. The number of rotatable bonds is 3. The molecule has 1 atom stereocenters. The van der Waals surface area contributed by atoms with Crippen molar-refractivity contribution in [3.63, 3.8) is 0 Å². The first kappa shape index (κ1) is 12.8. The van der Waals surface area contributed by atoms with Crippen LogP contribution in [0.1, 0.15) is 26.2 Å². The normalized spacial score (nSPS) is 27.1. The minimum atomic E-state index is 0.223. The molecule has 2 aliphatic heterocycles. The summed E-state index contributed by atoms with van der Waals surface area (Å²) in [7, 11) is 0. The van der Waals surface area contributed by atoms with Crippen molar-refractivity contribution in [2.45, 2.75) is 26.2 Å². The van der Waals surface area contributed by atoms with Crippen molar-refractivity contribution in [1.29, 1.82) is 0 Å². The van der Waals surface area contributed by atoms with E-state index in [1.165, 1.54) is 38.9 Å².